The zero-order valence-corrected chi connectivity index (χ0v) is 18.8. The third-order valence-corrected chi connectivity index (χ3v) is 6.34. The molecule has 0 spiro atoms. The van der Waals surface area contributed by atoms with Crippen LogP contribution in [0.25, 0.3) is 0 Å². The van der Waals surface area contributed by atoms with Gasteiger partial charge in [0.05, 0.1) is 12.6 Å². The van der Waals surface area contributed by atoms with Gasteiger partial charge in [-0.1, -0.05) is 6.07 Å². The molecule has 2 N–H and O–H groups in total. The van der Waals surface area contributed by atoms with Gasteiger partial charge in [0.25, 0.3) is 0 Å². The van der Waals surface area contributed by atoms with Crippen molar-refractivity contribution in [3.05, 3.63) is 44.3 Å². The standard InChI is InChI=1S/C18H26N4S2.HI/c1-14-7-8-15(24-14)12-20-18(19-2)21-13-16(17-6-5-11-23-17)22-9-3-4-10-22;/h5-8,11,16H,3-4,9-10,12-13H2,1-2H3,(H2,19,20,21);1H. The number of hydrogen-bond acceptors (Lipinski definition) is 4. The number of halogens is 1. The van der Waals surface area contributed by atoms with E-state index in [0.717, 1.165) is 19.0 Å². The lowest BCUT2D eigenvalue weighted by molar-refractivity contribution is 0.249. The Kier molecular flexibility index (Phi) is 8.68. The second kappa shape index (κ2) is 10.5. The number of aryl methyl sites for hydroxylation is 1. The molecule has 3 rings (SSSR count). The molecule has 0 radical (unpaired) electrons. The predicted octanol–water partition coefficient (Wildman–Crippen LogP) is 4.24. The van der Waals surface area contributed by atoms with E-state index >= 15 is 0 Å². The van der Waals surface area contributed by atoms with Gasteiger partial charge in [-0.2, -0.15) is 0 Å². The number of aliphatic imine (C=N–C) groups is 1. The molecule has 4 nitrogen and oxygen atoms in total. The van der Waals surface area contributed by atoms with E-state index in [-0.39, 0.29) is 24.0 Å². The van der Waals surface area contributed by atoms with Gasteiger partial charge in [-0.05, 0) is 56.4 Å². The van der Waals surface area contributed by atoms with Gasteiger partial charge < -0.3 is 10.6 Å². The zero-order valence-electron chi connectivity index (χ0n) is 14.8. The van der Waals surface area contributed by atoms with Crippen LogP contribution in [0.5, 0.6) is 0 Å². The molecule has 2 aromatic heterocycles. The van der Waals surface area contributed by atoms with Crippen LogP contribution in [0.3, 0.4) is 0 Å². The highest BCUT2D eigenvalue weighted by atomic mass is 127. The van der Waals surface area contributed by atoms with Crippen molar-refractivity contribution in [2.24, 2.45) is 4.99 Å². The summed E-state index contributed by atoms with van der Waals surface area (Å²) in [6, 6.07) is 9.18. The molecule has 1 aliphatic heterocycles. The van der Waals surface area contributed by atoms with Gasteiger partial charge in [0, 0.05) is 28.2 Å². The van der Waals surface area contributed by atoms with E-state index in [1.807, 2.05) is 29.7 Å². The highest BCUT2D eigenvalue weighted by molar-refractivity contribution is 14.0. The molecule has 7 heteroatoms. The van der Waals surface area contributed by atoms with Gasteiger partial charge in [-0.3, -0.25) is 9.89 Å². The lowest BCUT2D eigenvalue weighted by Gasteiger charge is -2.27. The number of thiophene rings is 2. The molecule has 0 amide bonds. The van der Waals surface area contributed by atoms with Crippen LogP contribution in [0.1, 0.15) is 33.5 Å². The topological polar surface area (TPSA) is 39.7 Å². The molecular weight excluding hydrogens is 463 g/mol. The summed E-state index contributed by atoms with van der Waals surface area (Å²) in [6.45, 7) is 6.26. The third kappa shape index (κ3) is 5.94. The van der Waals surface area contributed by atoms with Gasteiger partial charge >= 0.3 is 0 Å². The van der Waals surface area contributed by atoms with Crippen molar-refractivity contribution in [2.75, 3.05) is 26.7 Å². The number of nitrogens with zero attached hydrogens (tertiary/aromatic N) is 2. The van der Waals surface area contributed by atoms with Crippen LogP contribution >= 0.6 is 46.7 Å². The zero-order chi connectivity index (χ0) is 16.8. The van der Waals surface area contributed by atoms with Crippen molar-refractivity contribution >= 4 is 52.6 Å². The van der Waals surface area contributed by atoms with Crippen LogP contribution < -0.4 is 10.6 Å². The Morgan fingerprint density at radius 1 is 1.24 bits per heavy atom. The molecule has 2 aromatic rings. The number of nitrogens with one attached hydrogen (secondary N) is 2. The minimum absolute atomic E-state index is 0. The maximum Gasteiger partial charge on any atom is 0.191 e. The summed E-state index contributed by atoms with van der Waals surface area (Å²) in [6.07, 6.45) is 2.62. The van der Waals surface area contributed by atoms with Gasteiger partial charge in [0.15, 0.2) is 5.96 Å². The SMILES string of the molecule is CN=C(NCc1ccc(C)s1)NCC(c1cccs1)N1CCCC1.I. The van der Waals surface area contributed by atoms with Gasteiger partial charge in [0.2, 0.25) is 0 Å². The fourth-order valence-electron chi connectivity index (χ4n) is 3.11. The first-order valence-corrected chi connectivity index (χ1v) is 10.2. The van der Waals surface area contributed by atoms with E-state index in [2.05, 4.69) is 57.1 Å². The van der Waals surface area contributed by atoms with Crippen molar-refractivity contribution in [2.45, 2.75) is 32.4 Å². The smallest absolute Gasteiger partial charge is 0.191 e. The normalized spacial score (nSPS) is 16.5. The Bertz CT molecular complexity index is 648. The van der Waals surface area contributed by atoms with Crippen LogP contribution in [0, 0.1) is 6.92 Å². The highest BCUT2D eigenvalue weighted by Gasteiger charge is 2.24. The molecular formula is C18H27IN4S2. The second-order valence-electron chi connectivity index (χ2n) is 6.09. The lowest BCUT2D eigenvalue weighted by atomic mass is 10.2. The van der Waals surface area contributed by atoms with Crippen molar-refractivity contribution in [3.8, 4) is 0 Å². The Balaban J connectivity index is 0.00000225. The summed E-state index contributed by atoms with van der Waals surface area (Å²) < 4.78 is 0. The maximum absolute atomic E-state index is 4.37. The fourth-order valence-corrected chi connectivity index (χ4v) is 4.80. The Hall–Kier alpha value is -0.640. The minimum atomic E-state index is 0. The molecule has 0 aromatic carbocycles. The number of guanidine groups is 1. The monoisotopic (exact) mass is 490 g/mol. The fraction of sp³-hybridized carbons (Fsp3) is 0.500. The quantitative estimate of drug-likeness (QED) is 0.362. The van der Waals surface area contributed by atoms with Gasteiger partial charge in [-0.15, -0.1) is 46.7 Å². The van der Waals surface area contributed by atoms with Crippen LogP contribution in [0.15, 0.2) is 34.6 Å². The molecule has 1 fully saturated rings. The number of hydrogen-bond donors (Lipinski definition) is 2. The first-order valence-electron chi connectivity index (χ1n) is 8.53. The van der Waals surface area contributed by atoms with Crippen LogP contribution in [0.4, 0.5) is 0 Å². The number of rotatable bonds is 6. The van der Waals surface area contributed by atoms with E-state index in [9.17, 15) is 0 Å². The molecule has 0 aliphatic carbocycles. The lowest BCUT2D eigenvalue weighted by Crippen LogP contribution is -2.42. The average molecular weight is 490 g/mol. The van der Waals surface area contributed by atoms with Crippen LogP contribution in [-0.4, -0.2) is 37.5 Å². The second-order valence-corrected chi connectivity index (χ2v) is 8.45. The van der Waals surface area contributed by atoms with E-state index < -0.39 is 0 Å². The van der Waals surface area contributed by atoms with Gasteiger partial charge in [0.1, 0.15) is 0 Å². The minimum Gasteiger partial charge on any atom is -0.354 e. The Morgan fingerprint density at radius 3 is 2.64 bits per heavy atom. The van der Waals surface area contributed by atoms with Crippen molar-refractivity contribution < 1.29 is 0 Å². The van der Waals surface area contributed by atoms with E-state index in [0.29, 0.717) is 6.04 Å². The largest absolute Gasteiger partial charge is 0.354 e. The number of likely N-dealkylation sites (tertiary alicyclic amines) is 1. The van der Waals surface area contributed by atoms with Crippen molar-refractivity contribution in [1.82, 2.24) is 15.5 Å². The molecule has 1 aliphatic rings. The molecule has 0 saturated carbocycles. The summed E-state index contributed by atoms with van der Waals surface area (Å²) >= 11 is 3.68. The maximum atomic E-state index is 4.37. The first-order chi connectivity index (χ1) is 11.8. The molecule has 138 valence electrons. The summed E-state index contributed by atoms with van der Waals surface area (Å²) in [5, 5.41) is 9.12. The first kappa shape index (κ1) is 20.7. The average Bonchev–Trinajstić information content (AvgIpc) is 3.33. The molecule has 1 atom stereocenters. The third-order valence-electron chi connectivity index (χ3n) is 4.37. The Morgan fingerprint density at radius 2 is 2.04 bits per heavy atom. The molecule has 0 bridgehead atoms. The predicted molar refractivity (Wildman–Crippen MR) is 121 cm³/mol. The van der Waals surface area contributed by atoms with Crippen LogP contribution in [0.2, 0.25) is 0 Å². The molecule has 1 unspecified atom stereocenters. The Labute approximate surface area is 175 Å². The van der Waals surface area contributed by atoms with E-state index in [1.165, 1.54) is 40.6 Å². The summed E-state index contributed by atoms with van der Waals surface area (Å²) in [7, 11) is 1.84. The highest BCUT2D eigenvalue weighted by Crippen LogP contribution is 2.27. The molecule has 3 heterocycles. The van der Waals surface area contributed by atoms with Crippen molar-refractivity contribution in [3.63, 3.8) is 0 Å². The van der Waals surface area contributed by atoms with E-state index in [1.54, 1.807) is 0 Å². The summed E-state index contributed by atoms with van der Waals surface area (Å²) in [5.74, 6) is 0.877. The van der Waals surface area contributed by atoms with Crippen molar-refractivity contribution in [1.29, 1.82) is 0 Å². The van der Waals surface area contributed by atoms with Gasteiger partial charge in [-0.25, -0.2) is 0 Å². The van der Waals surface area contributed by atoms with E-state index in [4.69, 9.17) is 0 Å². The summed E-state index contributed by atoms with van der Waals surface area (Å²) in [5.41, 5.74) is 0. The van der Waals surface area contributed by atoms with Crippen LogP contribution in [-0.2, 0) is 6.54 Å². The summed E-state index contributed by atoms with van der Waals surface area (Å²) in [4.78, 5) is 11.1. The molecule has 1 saturated heterocycles. The molecule has 25 heavy (non-hydrogen) atoms.